The fourth-order valence-electron chi connectivity index (χ4n) is 4.27. The molecule has 0 radical (unpaired) electrons. The van der Waals surface area contributed by atoms with Gasteiger partial charge in [-0.15, -0.1) is 0 Å². The molecule has 6 heteroatoms. The van der Waals surface area contributed by atoms with Crippen molar-refractivity contribution in [2.45, 2.75) is 30.5 Å². The zero-order valence-electron chi connectivity index (χ0n) is 15.7. The van der Waals surface area contributed by atoms with Crippen molar-refractivity contribution in [1.29, 1.82) is 0 Å². The molecule has 2 unspecified atom stereocenters. The van der Waals surface area contributed by atoms with Gasteiger partial charge >= 0.3 is 168 Å². The van der Waals surface area contributed by atoms with E-state index in [0.29, 0.717) is 0 Å². The Morgan fingerprint density at radius 3 is 1.64 bits per heavy atom. The maximum absolute atomic E-state index is 6.49. The third kappa shape index (κ3) is 4.41. The molecule has 4 rings (SSSR count). The summed E-state index contributed by atoms with van der Waals surface area (Å²) in [6, 6.07) is 17.5. The Morgan fingerprint density at radius 2 is 1.25 bits per heavy atom. The number of hydrogen-bond donors (Lipinski definition) is 0. The van der Waals surface area contributed by atoms with Crippen LogP contribution in [0, 0.1) is 0 Å². The van der Waals surface area contributed by atoms with Crippen LogP contribution in [0.3, 0.4) is 0 Å². The van der Waals surface area contributed by atoms with Crippen LogP contribution in [0.25, 0.3) is 12.2 Å². The molecule has 0 aromatic heterocycles. The van der Waals surface area contributed by atoms with E-state index in [2.05, 4.69) is 91.6 Å². The van der Waals surface area contributed by atoms with E-state index in [1.54, 1.807) is 0 Å². The molecule has 0 heterocycles. The second kappa shape index (κ2) is 10.7. The molecule has 2 aromatic rings. The number of hydrogen-bond acceptors (Lipinski definition) is 1. The molecule has 0 saturated heterocycles. The van der Waals surface area contributed by atoms with Gasteiger partial charge in [0.25, 0.3) is 0 Å². The molecular formula is C22H21Cl3OSiZr. The Kier molecular flexibility index (Phi) is 9.81. The summed E-state index contributed by atoms with van der Waals surface area (Å²) < 4.78 is 6.49. The van der Waals surface area contributed by atoms with Crippen molar-refractivity contribution in [1.82, 2.24) is 0 Å². The van der Waals surface area contributed by atoms with Gasteiger partial charge in [-0.1, -0.05) is 0 Å². The van der Waals surface area contributed by atoms with Gasteiger partial charge in [0.1, 0.15) is 0 Å². The maximum Gasteiger partial charge on any atom is -1.00 e. The minimum Gasteiger partial charge on any atom is -1.00 e. The van der Waals surface area contributed by atoms with E-state index in [1.165, 1.54) is 22.3 Å². The first-order chi connectivity index (χ1) is 12.2. The van der Waals surface area contributed by atoms with Crippen LogP contribution in [0.4, 0.5) is 0 Å². The normalized spacial score (nSPS) is 20.0. The van der Waals surface area contributed by atoms with Crippen LogP contribution < -0.4 is 37.2 Å². The van der Waals surface area contributed by atoms with Gasteiger partial charge in [0.05, 0.1) is 0 Å². The molecule has 2 aromatic carbocycles. The SMILES string of the molecule is C[Si](C)=CC([O][Zr+3])(C1C=Cc2ccccc21)C1C=Cc2ccccc21.[Cl-].[Cl-].[Cl-]. The smallest absolute Gasteiger partial charge is 1.00 e. The van der Waals surface area contributed by atoms with Crippen LogP contribution in [0.15, 0.2) is 60.7 Å². The molecule has 0 saturated carbocycles. The zero-order chi connectivity index (χ0) is 17.4. The maximum atomic E-state index is 6.49. The van der Waals surface area contributed by atoms with E-state index in [-0.39, 0.29) is 54.7 Å². The molecule has 0 N–H and O–H groups in total. The molecule has 2 aliphatic carbocycles. The first kappa shape index (κ1) is 25.8. The Labute approximate surface area is 203 Å². The molecule has 2 atom stereocenters. The van der Waals surface area contributed by atoms with E-state index in [4.69, 9.17) is 2.81 Å². The molecule has 0 amide bonds. The van der Waals surface area contributed by atoms with Gasteiger partial charge in [0, 0.05) is 0 Å². The van der Waals surface area contributed by atoms with Crippen molar-refractivity contribution in [3.8, 4) is 0 Å². The third-order valence-electron chi connectivity index (χ3n) is 5.26. The average molecular weight is 527 g/mol. The van der Waals surface area contributed by atoms with E-state index >= 15 is 0 Å². The Hall–Kier alpha value is -0.280. The second-order valence-electron chi connectivity index (χ2n) is 7.11. The average Bonchev–Trinajstić information content (AvgIpc) is 3.24. The fraction of sp³-hybridized carbons (Fsp3) is 0.227. The topological polar surface area (TPSA) is 9.23 Å². The first-order valence-corrected chi connectivity index (χ1v) is 12.3. The molecule has 0 fully saturated rings. The van der Waals surface area contributed by atoms with Crippen molar-refractivity contribution in [2.24, 2.45) is 0 Å². The van der Waals surface area contributed by atoms with E-state index < -0.39 is 8.41 Å². The summed E-state index contributed by atoms with van der Waals surface area (Å²) in [7, 11) is -0.583. The van der Waals surface area contributed by atoms with E-state index in [0.717, 1.165) is 25.2 Å². The van der Waals surface area contributed by atoms with Gasteiger partial charge in [-0.3, -0.25) is 0 Å². The summed E-state index contributed by atoms with van der Waals surface area (Å²) in [5.41, 5.74) is 7.66. The van der Waals surface area contributed by atoms with Crippen LogP contribution >= 0.6 is 0 Å². The molecule has 0 spiro atoms. The monoisotopic (exact) mass is 524 g/mol. The van der Waals surface area contributed by atoms with Gasteiger partial charge in [-0.2, -0.15) is 0 Å². The summed E-state index contributed by atoms with van der Waals surface area (Å²) >= 11 is 1.13. The summed E-state index contributed by atoms with van der Waals surface area (Å²) in [6.45, 7) is 4.70. The molecule has 0 aliphatic heterocycles. The molecule has 144 valence electrons. The number of fused-ring (bicyclic) bond motifs is 2. The van der Waals surface area contributed by atoms with Gasteiger partial charge in [-0.25, -0.2) is 0 Å². The van der Waals surface area contributed by atoms with Gasteiger partial charge in [0.15, 0.2) is 0 Å². The summed E-state index contributed by atoms with van der Waals surface area (Å²) in [5.74, 6) is 0.535. The minimum absolute atomic E-state index is 0. The Morgan fingerprint density at radius 1 is 0.821 bits per heavy atom. The number of rotatable bonds is 4. The molecular weight excluding hydrogens is 506 g/mol. The van der Waals surface area contributed by atoms with Crippen LogP contribution in [0.5, 0.6) is 0 Å². The number of benzene rings is 2. The van der Waals surface area contributed by atoms with Crippen LogP contribution in [-0.2, 0) is 28.0 Å². The molecule has 2 aliphatic rings. The molecule has 0 bridgehead atoms. The van der Waals surface area contributed by atoms with Crippen molar-refractivity contribution >= 4 is 26.2 Å². The molecule has 28 heavy (non-hydrogen) atoms. The van der Waals surface area contributed by atoms with Crippen molar-refractivity contribution in [3.05, 3.63) is 82.9 Å². The van der Waals surface area contributed by atoms with Gasteiger partial charge in [0.2, 0.25) is 0 Å². The summed E-state index contributed by atoms with van der Waals surface area (Å²) in [6.07, 6.45) is 9.23. The van der Waals surface area contributed by atoms with Crippen LogP contribution in [0.2, 0.25) is 13.1 Å². The van der Waals surface area contributed by atoms with E-state index in [9.17, 15) is 0 Å². The van der Waals surface area contributed by atoms with E-state index in [1.807, 2.05) is 0 Å². The Balaban J connectivity index is 0.00000131. The standard InChI is InChI=1S/C22H21OSi.3ClH.Zr/c1-24(2)15-22(23,20-13-11-16-7-3-5-9-18(16)20)21-14-12-17-8-4-6-10-19(17)21;;;;/h3-15,20-21H,1-2H3;3*1H;/q-1;;;;+4/p-3. The fourth-order valence-corrected chi connectivity index (χ4v) is 6.65. The number of halogens is 3. The quantitative estimate of drug-likeness (QED) is 0.369. The van der Waals surface area contributed by atoms with Crippen LogP contribution in [-0.4, -0.2) is 19.7 Å². The largest absolute Gasteiger partial charge is 1.00 e. The zero-order valence-corrected chi connectivity index (χ0v) is 21.4. The summed E-state index contributed by atoms with van der Waals surface area (Å²) in [4.78, 5) is 0. The van der Waals surface area contributed by atoms with Crippen molar-refractivity contribution in [2.75, 3.05) is 0 Å². The molecule has 1 nitrogen and oxygen atoms in total. The van der Waals surface area contributed by atoms with Gasteiger partial charge < -0.3 is 37.2 Å². The third-order valence-corrected chi connectivity index (χ3v) is 7.16. The predicted octanol–water partition coefficient (Wildman–Crippen LogP) is -4.02. The minimum atomic E-state index is -0.583. The summed E-state index contributed by atoms with van der Waals surface area (Å²) in [5, 5.41) is 0. The Bertz CT molecular complexity index is 845. The second-order valence-corrected chi connectivity index (χ2v) is 10.1. The van der Waals surface area contributed by atoms with Crippen molar-refractivity contribution in [3.63, 3.8) is 0 Å². The van der Waals surface area contributed by atoms with Crippen molar-refractivity contribution < 1.29 is 65.2 Å². The van der Waals surface area contributed by atoms with Crippen LogP contribution in [0.1, 0.15) is 34.1 Å². The van der Waals surface area contributed by atoms with Gasteiger partial charge in [-0.05, 0) is 0 Å². The first-order valence-electron chi connectivity index (χ1n) is 8.71. The predicted molar refractivity (Wildman–Crippen MR) is 104 cm³/mol.